The van der Waals surface area contributed by atoms with Crippen LogP contribution in [0.2, 0.25) is 0 Å². The largest absolute Gasteiger partial charge is 0.349 e. The Hall–Kier alpha value is -4.01. The number of aromatic amines is 1. The van der Waals surface area contributed by atoms with Crippen molar-refractivity contribution < 1.29 is 9.59 Å². The number of nitrogens with zero attached hydrogens (tertiary/aromatic N) is 4. The molecule has 34 heavy (non-hydrogen) atoms. The average Bonchev–Trinajstić information content (AvgIpc) is 3.27. The van der Waals surface area contributed by atoms with Crippen LogP contribution in [0.3, 0.4) is 0 Å². The lowest BCUT2D eigenvalue weighted by Gasteiger charge is -2.40. The molecule has 1 aliphatic heterocycles. The number of carbonyl (C=O) groups excluding carboxylic acids is 2. The molecule has 0 radical (unpaired) electrons. The van der Waals surface area contributed by atoms with Gasteiger partial charge in [-0.1, -0.05) is 31.2 Å². The summed E-state index contributed by atoms with van der Waals surface area (Å²) in [6.07, 6.45) is 6.92. The van der Waals surface area contributed by atoms with E-state index < -0.39 is 0 Å². The average molecular weight is 459 g/mol. The maximum absolute atomic E-state index is 13.6. The molecule has 0 saturated carbocycles. The van der Waals surface area contributed by atoms with Crippen molar-refractivity contribution in [1.82, 2.24) is 29.8 Å². The van der Waals surface area contributed by atoms with Crippen LogP contribution in [0.4, 0.5) is 0 Å². The van der Waals surface area contributed by atoms with Gasteiger partial charge in [-0.05, 0) is 31.1 Å². The summed E-state index contributed by atoms with van der Waals surface area (Å²) >= 11 is 0. The van der Waals surface area contributed by atoms with E-state index in [1.807, 2.05) is 29.2 Å². The number of aromatic nitrogens is 4. The third kappa shape index (κ3) is 3.93. The number of hydrogen-bond donors (Lipinski definition) is 2. The molecule has 9 heteroatoms. The summed E-state index contributed by atoms with van der Waals surface area (Å²) in [7, 11) is 0. The SMILES string of the molecule is Cc1cn2nc(C(=O)NCC3C(C)CCCN3C(=O)c3cncc4ccccc34)cc2c(=O)[nH]1. The first-order valence-corrected chi connectivity index (χ1v) is 11.4. The second-order valence-electron chi connectivity index (χ2n) is 8.93. The van der Waals surface area contributed by atoms with Gasteiger partial charge in [0, 0.05) is 48.8 Å². The summed E-state index contributed by atoms with van der Waals surface area (Å²) < 4.78 is 1.41. The standard InChI is InChI=1S/C25H26N6O3/c1-15-6-5-9-30(25(34)19-12-26-11-17-7-3-4-8-18(17)19)22(15)13-27-23(32)20-10-21-24(33)28-16(2)14-31(21)29-20/h3-4,7-8,10-12,14-15,22H,5-6,9,13H2,1-2H3,(H,27,32)(H,28,33). The summed E-state index contributed by atoms with van der Waals surface area (Å²) in [5.41, 5.74) is 1.39. The molecule has 1 aliphatic rings. The van der Waals surface area contributed by atoms with Crippen LogP contribution in [0.25, 0.3) is 16.3 Å². The van der Waals surface area contributed by atoms with Crippen molar-refractivity contribution >= 4 is 28.1 Å². The molecule has 174 valence electrons. The van der Waals surface area contributed by atoms with Crippen molar-refractivity contribution in [2.45, 2.75) is 32.7 Å². The third-order valence-corrected chi connectivity index (χ3v) is 6.57. The van der Waals surface area contributed by atoms with E-state index in [0.29, 0.717) is 29.9 Å². The van der Waals surface area contributed by atoms with Gasteiger partial charge in [-0.3, -0.25) is 19.4 Å². The van der Waals surface area contributed by atoms with Crippen LogP contribution >= 0.6 is 0 Å². The van der Waals surface area contributed by atoms with Gasteiger partial charge in [0.2, 0.25) is 0 Å². The molecule has 2 atom stereocenters. The smallest absolute Gasteiger partial charge is 0.274 e. The van der Waals surface area contributed by atoms with Crippen molar-refractivity contribution in [3.05, 3.63) is 76.2 Å². The van der Waals surface area contributed by atoms with E-state index in [4.69, 9.17) is 0 Å². The van der Waals surface area contributed by atoms with Crippen LogP contribution in [0.15, 0.2) is 53.7 Å². The predicted octanol–water partition coefficient (Wildman–Crippen LogP) is 2.55. The Kier molecular flexibility index (Phi) is 5.61. The molecule has 2 unspecified atom stereocenters. The number of likely N-dealkylation sites (tertiary alicyclic amines) is 1. The first kappa shape index (κ1) is 21.8. The van der Waals surface area contributed by atoms with Crippen LogP contribution < -0.4 is 10.9 Å². The highest BCUT2D eigenvalue weighted by Gasteiger charge is 2.33. The predicted molar refractivity (Wildman–Crippen MR) is 128 cm³/mol. The molecule has 1 aromatic carbocycles. The van der Waals surface area contributed by atoms with Crippen molar-refractivity contribution in [1.29, 1.82) is 0 Å². The molecule has 1 saturated heterocycles. The molecule has 9 nitrogen and oxygen atoms in total. The minimum atomic E-state index is -0.377. The number of piperidine rings is 1. The fraction of sp³-hybridized carbons (Fsp3) is 0.320. The Bertz CT molecular complexity index is 1450. The second kappa shape index (κ2) is 8.74. The van der Waals surface area contributed by atoms with Gasteiger partial charge in [-0.15, -0.1) is 0 Å². The molecule has 2 amide bonds. The number of rotatable bonds is 4. The fourth-order valence-electron chi connectivity index (χ4n) is 4.77. The van der Waals surface area contributed by atoms with Crippen molar-refractivity contribution in [2.75, 3.05) is 13.1 Å². The van der Waals surface area contributed by atoms with Gasteiger partial charge in [0.1, 0.15) is 5.52 Å². The number of amides is 2. The first-order valence-electron chi connectivity index (χ1n) is 11.4. The van der Waals surface area contributed by atoms with Crippen LogP contribution in [-0.2, 0) is 0 Å². The fourth-order valence-corrected chi connectivity index (χ4v) is 4.77. The Morgan fingerprint density at radius 3 is 2.91 bits per heavy atom. The van der Waals surface area contributed by atoms with Gasteiger partial charge in [0.15, 0.2) is 5.69 Å². The molecule has 0 spiro atoms. The normalized spacial score (nSPS) is 18.4. The number of pyridine rings is 1. The topological polar surface area (TPSA) is 112 Å². The summed E-state index contributed by atoms with van der Waals surface area (Å²) in [6, 6.07) is 9.03. The van der Waals surface area contributed by atoms with Gasteiger partial charge in [-0.25, -0.2) is 4.52 Å². The van der Waals surface area contributed by atoms with E-state index in [1.54, 1.807) is 25.5 Å². The molecule has 4 aromatic rings. The van der Waals surface area contributed by atoms with E-state index in [2.05, 4.69) is 27.3 Å². The van der Waals surface area contributed by atoms with Crippen LogP contribution in [0.5, 0.6) is 0 Å². The Morgan fingerprint density at radius 2 is 2.06 bits per heavy atom. The molecule has 0 aliphatic carbocycles. The highest BCUT2D eigenvalue weighted by Crippen LogP contribution is 2.27. The summed E-state index contributed by atoms with van der Waals surface area (Å²) in [6.45, 7) is 4.78. The second-order valence-corrected chi connectivity index (χ2v) is 8.93. The van der Waals surface area contributed by atoms with E-state index in [1.165, 1.54) is 10.6 Å². The number of aryl methyl sites for hydroxylation is 1. The zero-order valence-corrected chi connectivity index (χ0v) is 19.1. The monoisotopic (exact) mass is 458 g/mol. The third-order valence-electron chi connectivity index (χ3n) is 6.57. The van der Waals surface area contributed by atoms with E-state index >= 15 is 0 Å². The number of carbonyl (C=O) groups is 2. The molecule has 5 rings (SSSR count). The number of nitrogens with one attached hydrogen (secondary N) is 2. The number of fused-ring (bicyclic) bond motifs is 2. The van der Waals surface area contributed by atoms with Gasteiger partial charge in [-0.2, -0.15) is 5.10 Å². The molecule has 0 bridgehead atoms. The summed E-state index contributed by atoms with van der Waals surface area (Å²) in [5.74, 6) is -0.241. The molecule has 4 heterocycles. The minimum Gasteiger partial charge on any atom is -0.349 e. The Labute approximate surface area is 195 Å². The number of H-pyrrole nitrogens is 1. The van der Waals surface area contributed by atoms with Gasteiger partial charge < -0.3 is 15.2 Å². The maximum atomic E-state index is 13.6. The highest BCUT2D eigenvalue weighted by molar-refractivity contribution is 6.06. The molecule has 2 N–H and O–H groups in total. The van der Waals surface area contributed by atoms with Crippen molar-refractivity contribution in [3.63, 3.8) is 0 Å². The highest BCUT2D eigenvalue weighted by atomic mass is 16.2. The molecule has 1 fully saturated rings. The number of benzene rings is 1. The molecular weight excluding hydrogens is 432 g/mol. The Balaban J connectivity index is 1.37. The van der Waals surface area contributed by atoms with Gasteiger partial charge in [0.05, 0.1) is 11.6 Å². The van der Waals surface area contributed by atoms with E-state index in [0.717, 1.165) is 23.6 Å². The lowest BCUT2D eigenvalue weighted by molar-refractivity contribution is 0.0508. The zero-order chi connectivity index (χ0) is 23.8. The van der Waals surface area contributed by atoms with Crippen molar-refractivity contribution in [3.8, 4) is 0 Å². The van der Waals surface area contributed by atoms with Crippen LogP contribution in [0.1, 0.15) is 46.3 Å². The number of hydrogen-bond acceptors (Lipinski definition) is 5. The molecule has 3 aromatic heterocycles. The lowest BCUT2D eigenvalue weighted by atomic mass is 9.89. The quantitative estimate of drug-likeness (QED) is 0.488. The van der Waals surface area contributed by atoms with E-state index in [-0.39, 0.29) is 35.0 Å². The van der Waals surface area contributed by atoms with E-state index in [9.17, 15) is 14.4 Å². The zero-order valence-electron chi connectivity index (χ0n) is 19.1. The van der Waals surface area contributed by atoms with Gasteiger partial charge in [0.25, 0.3) is 17.4 Å². The first-order chi connectivity index (χ1) is 16.4. The van der Waals surface area contributed by atoms with Gasteiger partial charge >= 0.3 is 0 Å². The van der Waals surface area contributed by atoms with Crippen LogP contribution in [-0.4, -0.2) is 55.4 Å². The summed E-state index contributed by atoms with van der Waals surface area (Å²) in [5, 5.41) is 8.97. The van der Waals surface area contributed by atoms with Crippen molar-refractivity contribution in [2.24, 2.45) is 5.92 Å². The lowest BCUT2D eigenvalue weighted by Crippen LogP contribution is -2.53. The molecular formula is C25H26N6O3. The van der Waals surface area contributed by atoms with Crippen LogP contribution in [0, 0.1) is 12.8 Å². The minimum absolute atomic E-state index is 0.0789. The summed E-state index contributed by atoms with van der Waals surface area (Å²) in [4.78, 5) is 47.4. The Morgan fingerprint density at radius 1 is 1.24 bits per heavy atom. The maximum Gasteiger partial charge on any atom is 0.274 e.